The number of nitrogens with zero attached hydrogens (tertiary/aromatic N) is 1. The molecule has 0 heterocycles. The van der Waals surface area contributed by atoms with Gasteiger partial charge >= 0.3 is 5.97 Å². The van der Waals surface area contributed by atoms with Crippen LogP contribution in [-0.4, -0.2) is 27.9 Å². The molecule has 7 nitrogen and oxygen atoms in total. The second-order valence-corrected chi connectivity index (χ2v) is 5.84. The van der Waals surface area contributed by atoms with Gasteiger partial charge in [0.05, 0.1) is 11.3 Å². The zero-order valence-corrected chi connectivity index (χ0v) is 14.1. The molecular formula is C18H24N2O5. The Morgan fingerprint density at radius 1 is 1.28 bits per heavy atom. The number of nitro benzene ring substituents is 1. The first-order valence-corrected chi connectivity index (χ1v) is 8.30. The van der Waals surface area contributed by atoms with Crippen molar-refractivity contribution in [2.75, 3.05) is 0 Å². The molecule has 2 N–H and O–H groups in total. The lowest BCUT2D eigenvalue weighted by Gasteiger charge is -2.14. The van der Waals surface area contributed by atoms with E-state index in [4.69, 9.17) is 0 Å². The van der Waals surface area contributed by atoms with Gasteiger partial charge in [-0.1, -0.05) is 37.5 Å². The predicted molar refractivity (Wildman–Crippen MR) is 94.3 cm³/mol. The first-order chi connectivity index (χ1) is 11.9. The lowest BCUT2D eigenvalue weighted by atomic mass is 10.1. The van der Waals surface area contributed by atoms with Gasteiger partial charge in [-0.3, -0.25) is 14.9 Å². The van der Waals surface area contributed by atoms with Crippen LogP contribution in [0.3, 0.4) is 0 Å². The molecule has 0 saturated heterocycles. The van der Waals surface area contributed by atoms with Crippen molar-refractivity contribution in [3.8, 4) is 0 Å². The minimum absolute atomic E-state index is 0.0925. The van der Waals surface area contributed by atoms with Crippen molar-refractivity contribution < 1.29 is 19.6 Å². The minimum atomic E-state index is -1.07. The Bertz CT molecular complexity index is 615. The predicted octanol–water partition coefficient (Wildman–Crippen LogP) is 3.23. The summed E-state index contributed by atoms with van der Waals surface area (Å²) in [5.74, 6) is -1.53. The van der Waals surface area contributed by atoms with Crippen molar-refractivity contribution in [1.29, 1.82) is 0 Å². The Morgan fingerprint density at radius 2 is 2.00 bits per heavy atom. The van der Waals surface area contributed by atoms with Gasteiger partial charge in [0.15, 0.2) is 0 Å². The van der Waals surface area contributed by atoms with Gasteiger partial charge in [0.1, 0.15) is 6.04 Å². The third-order valence-electron chi connectivity index (χ3n) is 3.77. The van der Waals surface area contributed by atoms with Crippen LogP contribution in [0.4, 0.5) is 5.69 Å². The van der Waals surface area contributed by atoms with Gasteiger partial charge in [-0.25, -0.2) is 4.79 Å². The molecule has 136 valence electrons. The average molecular weight is 348 g/mol. The maximum Gasteiger partial charge on any atom is 0.326 e. The molecule has 0 aliphatic carbocycles. The third-order valence-corrected chi connectivity index (χ3v) is 3.77. The number of carbonyl (C=O) groups excluding carboxylic acids is 1. The molecule has 0 aromatic heterocycles. The van der Waals surface area contributed by atoms with E-state index in [9.17, 15) is 24.8 Å². The van der Waals surface area contributed by atoms with E-state index in [-0.39, 0.29) is 12.1 Å². The van der Waals surface area contributed by atoms with Gasteiger partial charge in [-0.05, 0) is 24.8 Å². The normalized spacial score (nSPS) is 11.5. The van der Waals surface area contributed by atoms with Crippen LogP contribution in [-0.2, 0) is 16.0 Å². The number of carbonyl (C=O) groups is 2. The summed E-state index contributed by atoms with van der Waals surface area (Å²) in [4.78, 5) is 33.5. The minimum Gasteiger partial charge on any atom is -0.480 e. The summed E-state index contributed by atoms with van der Waals surface area (Å²) < 4.78 is 0. The van der Waals surface area contributed by atoms with E-state index >= 15 is 0 Å². The van der Waals surface area contributed by atoms with E-state index in [1.165, 1.54) is 18.2 Å². The van der Waals surface area contributed by atoms with Crippen LogP contribution in [0.25, 0.3) is 0 Å². The lowest BCUT2D eigenvalue weighted by molar-refractivity contribution is -0.384. The van der Waals surface area contributed by atoms with Crippen molar-refractivity contribution in [3.05, 3.63) is 52.6 Å². The number of non-ortho nitro benzene ring substituents is 1. The molecule has 1 aromatic carbocycles. The van der Waals surface area contributed by atoms with Crippen molar-refractivity contribution in [2.24, 2.45) is 0 Å². The summed E-state index contributed by atoms with van der Waals surface area (Å²) in [5, 5.41) is 22.5. The lowest BCUT2D eigenvalue weighted by Crippen LogP contribution is -2.41. The average Bonchev–Trinajstić information content (AvgIpc) is 2.56. The van der Waals surface area contributed by atoms with Gasteiger partial charge in [0, 0.05) is 12.1 Å². The van der Waals surface area contributed by atoms with Gasteiger partial charge in [0.2, 0.25) is 5.91 Å². The summed E-state index contributed by atoms with van der Waals surface area (Å²) in [6.45, 7) is 3.65. The summed E-state index contributed by atoms with van der Waals surface area (Å²) in [6, 6.07) is 4.81. The molecule has 0 radical (unpaired) electrons. The molecule has 0 aliphatic rings. The van der Waals surface area contributed by atoms with Crippen molar-refractivity contribution in [3.63, 3.8) is 0 Å². The van der Waals surface area contributed by atoms with Crippen LogP contribution in [0.5, 0.6) is 0 Å². The highest BCUT2D eigenvalue weighted by Gasteiger charge is 2.19. The molecule has 0 bridgehead atoms. The number of nitro groups is 1. The number of carboxylic acids is 1. The number of allylic oxidation sites excluding steroid dienone is 1. The fraction of sp³-hybridized carbons (Fsp3) is 0.444. The molecular weight excluding hydrogens is 324 g/mol. The monoisotopic (exact) mass is 348 g/mol. The van der Waals surface area contributed by atoms with Crippen LogP contribution < -0.4 is 5.32 Å². The number of carboxylic acid groups (broad SMARTS) is 1. The fourth-order valence-electron chi connectivity index (χ4n) is 2.46. The van der Waals surface area contributed by atoms with E-state index in [1.807, 2.05) is 6.08 Å². The van der Waals surface area contributed by atoms with E-state index in [2.05, 4.69) is 11.9 Å². The summed E-state index contributed by atoms with van der Waals surface area (Å²) in [6.07, 6.45) is 6.72. The zero-order valence-electron chi connectivity index (χ0n) is 14.1. The second kappa shape index (κ2) is 11.0. The number of unbranched alkanes of at least 4 members (excludes halogenated alkanes) is 4. The molecule has 1 atom stereocenters. The molecule has 0 spiro atoms. The molecule has 1 amide bonds. The Balaban J connectivity index is 2.47. The molecule has 0 saturated carbocycles. The highest BCUT2D eigenvalue weighted by Crippen LogP contribution is 2.14. The largest absolute Gasteiger partial charge is 0.480 e. The number of rotatable bonds is 12. The number of nitrogens with one attached hydrogen (secondary N) is 1. The Kier molecular flexibility index (Phi) is 8.92. The van der Waals surface area contributed by atoms with Crippen molar-refractivity contribution in [2.45, 2.75) is 51.0 Å². The first kappa shape index (κ1) is 20.3. The molecule has 0 fully saturated rings. The SMILES string of the molecule is C=CCCCCCC[C@@H](NC(=O)Cc1cccc([N+](=O)[O-])c1)C(=O)O. The number of hydrogen-bond acceptors (Lipinski definition) is 4. The first-order valence-electron chi connectivity index (χ1n) is 8.30. The maximum atomic E-state index is 12.0. The number of aliphatic carboxylic acids is 1. The molecule has 0 aliphatic heterocycles. The molecule has 0 unspecified atom stereocenters. The zero-order chi connectivity index (χ0) is 18.7. The van der Waals surface area contributed by atoms with Gasteiger partial charge < -0.3 is 10.4 Å². The van der Waals surface area contributed by atoms with E-state index in [0.717, 1.165) is 25.7 Å². The summed E-state index contributed by atoms with van der Waals surface area (Å²) in [7, 11) is 0. The summed E-state index contributed by atoms with van der Waals surface area (Å²) >= 11 is 0. The molecule has 1 rings (SSSR count). The molecule has 7 heteroatoms. The number of benzene rings is 1. The van der Waals surface area contributed by atoms with Gasteiger partial charge in [-0.2, -0.15) is 0 Å². The smallest absolute Gasteiger partial charge is 0.326 e. The Hall–Kier alpha value is -2.70. The standard InChI is InChI=1S/C18H24N2O5/c1-2-3-4-5-6-7-11-16(18(22)23)19-17(21)13-14-9-8-10-15(12-14)20(24)25/h2,8-10,12,16H,1,3-7,11,13H2,(H,19,21)(H,22,23)/t16-/m1/s1. The van der Waals surface area contributed by atoms with E-state index < -0.39 is 22.8 Å². The fourth-order valence-corrected chi connectivity index (χ4v) is 2.46. The molecule has 25 heavy (non-hydrogen) atoms. The van der Waals surface area contributed by atoms with Crippen molar-refractivity contribution in [1.82, 2.24) is 5.32 Å². The Morgan fingerprint density at radius 3 is 2.64 bits per heavy atom. The molecule has 1 aromatic rings. The highest BCUT2D eigenvalue weighted by molar-refractivity contribution is 5.84. The van der Waals surface area contributed by atoms with Crippen LogP contribution >= 0.6 is 0 Å². The van der Waals surface area contributed by atoms with Crippen LogP contribution in [0.1, 0.15) is 44.1 Å². The highest BCUT2D eigenvalue weighted by atomic mass is 16.6. The van der Waals surface area contributed by atoms with Crippen LogP contribution in [0, 0.1) is 10.1 Å². The third kappa shape index (κ3) is 8.10. The summed E-state index contributed by atoms with van der Waals surface area (Å²) in [5.41, 5.74) is 0.375. The number of hydrogen-bond donors (Lipinski definition) is 2. The quantitative estimate of drug-likeness (QED) is 0.261. The van der Waals surface area contributed by atoms with Crippen molar-refractivity contribution >= 4 is 17.6 Å². The van der Waals surface area contributed by atoms with Gasteiger partial charge in [0.25, 0.3) is 5.69 Å². The maximum absolute atomic E-state index is 12.0. The van der Waals surface area contributed by atoms with Gasteiger partial charge in [-0.15, -0.1) is 6.58 Å². The Labute approximate surface area is 146 Å². The second-order valence-electron chi connectivity index (χ2n) is 5.84. The van der Waals surface area contributed by atoms with Crippen LogP contribution in [0.2, 0.25) is 0 Å². The van der Waals surface area contributed by atoms with E-state index in [0.29, 0.717) is 18.4 Å². The number of amides is 1. The topological polar surface area (TPSA) is 110 Å². The van der Waals surface area contributed by atoms with Crippen LogP contribution in [0.15, 0.2) is 36.9 Å². The van der Waals surface area contributed by atoms with E-state index in [1.54, 1.807) is 6.07 Å².